The average molecular weight is 178 g/mol. The average Bonchev–Trinajstić information content (AvgIpc) is 2.31. The van der Waals surface area contributed by atoms with Crippen LogP contribution in [0.3, 0.4) is 0 Å². The van der Waals surface area contributed by atoms with E-state index in [4.69, 9.17) is 5.41 Å². The molecule has 0 aromatic rings. The van der Waals surface area contributed by atoms with Crippen molar-refractivity contribution in [3.8, 4) is 0 Å². The number of hydrogen-bond acceptors (Lipinski definition) is 4. The number of hydrogen-bond donors (Lipinski definition) is 3. The van der Waals surface area contributed by atoms with Crippen molar-refractivity contribution < 1.29 is 4.79 Å². The monoisotopic (exact) mass is 178 g/mol. The van der Waals surface area contributed by atoms with Crippen LogP contribution < -0.4 is 10.6 Å². The third kappa shape index (κ3) is 1.04. The van der Waals surface area contributed by atoms with Crippen molar-refractivity contribution in [2.24, 2.45) is 4.99 Å². The first kappa shape index (κ1) is 7.97. The van der Waals surface area contributed by atoms with Gasteiger partial charge >= 0.3 is 0 Å². The zero-order valence-electron chi connectivity index (χ0n) is 7.43. The third-order valence-corrected chi connectivity index (χ3v) is 2.23. The van der Waals surface area contributed by atoms with Gasteiger partial charge in [-0.3, -0.25) is 10.2 Å². The lowest BCUT2D eigenvalue weighted by Gasteiger charge is -2.19. The van der Waals surface area contributed by atoms with Gasteiger partial charge in [0.1, 0.15) is 17.6 Å². The molecule has 0 saturated carbocycles. The number of nitrogens with one attached hydrogen (secondary N) is 3. The molecular weight excluding hydrogens is 168 g/mol. The van der Waals surface area contributed by atoms with Gasteiger partial charge in [0.2, 0.25) is 0 Å². The first-order valence-electron chi connectivity index (χ1n) is 4.02. The van der Waals surface area contributed by atoms with Gasteiger partial charge in [0, 0.05) is 5.70 Å². The predicted molar refractivity (Wildman–Crippen MR) is 48.6 cm³/mol. The van der Waals surface area contributed by atoms with E-state index in [1.54, 1.807) is 0 Å². The number of carbonyl (C=O) groups is 1. The topological polar surface area (TPSA) is 77.3 Å². The van der Waals surface area contributed by atoms with Crippen LogP contribution in [-0.4, -0.2) is 23.5 Å². The van der Waals surface area contributed by atoms with Crippen LogP contribution >= 0.6 is 0 Å². The Balaban J connectivity index is 2.45. The van der Waals surface area contributed by atoms with Crippen LogP contribution in [0.15, 0.2) is 16.4 Å². The molecule has 1 atom stereocenters. The van der Waals surface area contributed by atoms with E-state index in [9.17, 15) is 4.79 Å². The van der Waals surface area contributed by atoms with E-state index in [0.29, 0.717) is 5.71 Å². The summed E-state index contributed by atoms with van der Waals surface area (Å²) in [6, 6.07) is -0.365. The summed E-state index contributed by atoms with van der Waals surface area (Å²) in [7, 11) is 0. The Morgan fingerprint density at radius 2 is 2.15 bits per heavy atom. The second-order valence-corrected chi connectivity index (χ2v) is 3.15. The summed E-state index contributed by atoms with van der Waals surface area (Å²) in [5, 5.41) is 12.9. The molecule has 0 aromatic carbocycles. The van der Waals surface area contributed by atoms with Gasteiger partial charge < -0.3 is 10.6 Å². The molecule has 0 aliphatic carbocycles. The van der Waals surface area contributed by atoms with Gasteiger partial charge in [0.05, 0.1) is 5.70 Å². The number of carbonyl (C=O) groups excluding carboxylic acids is 1. The minimum Gasteiger partial charge on any atom is -0.372 e. The molecule has 0 aromatic heterocycles. The minimum absolute atomic E-state index is 0.176. The number of amidine groups is 1. The maximum absolute atomic E-state index is 11.2. The first-order chi connectivity index (χ1) is 6.09. The molecule has 5 nitrogen and oxygen atoms in total. The van der Waals surface area contributed by atoms with E-state index in [1.807, 2.05) is 13.8 Å². The van der Waals surface area contributed by atoms with E-state index in [1.165, 1.54) is 0 Å². The summed E-state index contributed by atoms with van der Waals surface area (Å²) in [5.41, 5.74) is 2.11. The Morgan fingerprint density at radius 1 is 1.46 bits per heavy atom. The summed E-state index contributed by atoms with van der Waals surface area (Å²) in [6.45, 7) is 3.71. The standard InChI is InChI=1S/C8H10N4O/c1-3-4(2)11-6-5(10-3)7(9)12-8(6)13/h5,10H,1-2H3,(H2,9,12,13). The number of fused-ring (bicyclic) bond motifs is 1. The van der Waals surface area contributed by atoms with Crippen LogP contribution in [0.5, 0.6) is 0 Å². The van der Waals surface area contributed by atoms with Gasteiger partial charge in [-0.15, -0.1) is 0 Å². The molecule has 0 spiro atoms. The fourth-order valence-electron chi connectivity index (χ4n) is 1.37. The van der Waals surface area contributed by atoms with E-state index in [2.05, 4.69) is 15.6 Å². The molecule has 5 heteroatoms. The molecule has 3 N–H and O–H groups in total. The molecule has 0 radical (unpaired) electrons. The molecule has 1 fully saturated rings. The molecule has 2 aliphatic rings. The Morgan fingerprint density at radius 3 is 2.85 bits per heavy atom. The third-order valence-electron chi connectivity index (χ3n) is 2.23. The smallest absolute Gasteiger partial charge is 0.273 e. The highest BCUT2D eigenvalue weighted by Crippen LogP contribution is 2.14. The van der Waals surface area contributed by atoms with Gasteiger partial charge in [-0.05, 0) is 13.8 Å². The largest absolute Gasteiger partial charge is 0.372 e. The van der Waals surface area contributed by atoms with Gasteiger partial charge in [0.15, 0.2) is 0 Å². The maximum Gasteiger partial charge on any atom is 0.273 e. The predicted octanol–water partition coefficient (Wildman–Crippen LogP) is -0.242. The molecule has 2 rings (SSSR count). The van der Waals surface area contributed by atoms with Gasteiger partial charge in [0.25, 0.3) is 5.91 Å². The van der Waals surface area contributed by atoms with Crippen molar-refractivity contribution in [1.82, 2.24) is 10.6 Å². The Kier molecular flexibility index (Phi) is 1.48. The van der Waals surface area contributed by atoms with Gasteiger partial charge in [-0.2, -0.15) is 0 Å². The fourth-order valence-corrected chi connectivity index (χ4v) is 1.37. The highest BCUT2D eigenvalue weighted by molar-refractivity contribution is 6.52. The quantitative estimate of drug-likeness (QED) is 0.478. The van der Waals surface area contributed by atoms with E-state index in [-0.39, 0.29) is 17.8 Å². The normalized spacial score (nSPS) is 26.6. The SMILES string of the molecule is CC1=C(C)NC2C(=N)NC(=O)C2=N1. The molecule has 2 heterocycles. The summed E-state index contributed by atoms with van der Waals surface area (Å²) >= 11 is 0. The Bertz CT molecular complexity index is 366. The number of nitrogens with zero attached hydrogens (tertiary/aromatic N) is 1. The molecule has 1 amide bonds. The van der Waals surface area contributed by atoms with Crippen LogP contribution in [0.1, 0.15) is 13.8 Å². The fraction of sp³-hybridized carbons (Fsp3) is 0.375. The zero-order valence-corrected chi connectivity index (χ0v) is 7.43. The van der Waals surface area contributed by atoms with Crippen molar-refractivity contribution in [2.45, 2.75) is 19.9 Å². The van der Waals surface area contributed by atoms with E-state index >= 15 is 0 Å². The van der Waals surface area contributed by atoms with Crippen molar-refractivity contribution in [1.29, 1.82) is 5.41 Å². The second-order valence-electron chi connectivity index (χ2n) is 3.15. The first-order valence-corrected chi connectivity index (χ1v) is 4.02. The minimum atomic E-state index is -0.365. The van der Waals surface area contributed by atoms with Crippen molar-refractivity contribution in [3.05, 3.63) is 11.4 Å². The van der Waals surface area contributed by atoms with Crippen LogP contribution in [0, 0.1) is 5.41 Å². The lowest BCUT2D eigenvalue weighted by Crippen LogP contribution is -2.41. The van der Waals surface area contributed by atoms with Gasteiger partial charge in [-0.1, -0.05) is 0 Å². The number of allylic oxidation sites excluding steroid dienone is 2. The van der Waals surface area contributed by atoms with Crippen LogP contribution in [0.4, 0.5) is 0 Å². The Hall–Kier alpha value is -1.65. The lowest BCUT2D eigenvalue weighted by molar-refractivity contribution is -0.113. The van der Waals surface area contributed by atoms with Crippen molar-refractivity contribution in [3.63, 3.8) is 0 Å². The molecule has 13 heavy (non-hydrogen) atoms. The second kappa shape index (κ2) is 2.42. The van der Waals surface area contributed by atoms with E-state index in [0.717, 1.165) is 11.4 Å². The summed E-state index contributed by atoms with van der Waals surface area (Å²) < 4.78 is 0. The summed E-state index contributed by atoms with van der Waals surface area (Å²) in [6.07, 6.45) is 0. The highest BCUT2D eigenvalue weighted by Gasteiger charge is 2.37. The van der Waals surface area contributed by atoms with Crippen LogP contribution in [0.25, 0.3) is 0 Å². The molecular formula is C8H10N4O. The van der Waals surface area contributed by atoms with Crippen molar-refractivity contribution in [2.75, 3.05) is 0 Å². The summed E-state index contributed by atoms with van der Waals surface area (Å²) in [4.78, 5) is 15.4. The van der Waals surface area contributed by atoms with Gasteiger partial charge in [-0.25, -0.2) is 4.99 Å². The summed E-state index contributed by atoms with van der Waals surface area (Å²) in [5.74, 6) is -0.0926. The van der Waals surface area contributed by atoms with Crippen molar-refractivity contribution >= 4 is 17.5 Å². The number of rotatable bonds is 0. The lowest BCUT2D eigenvalue weighted by atomic mass is 10.1. The zero-order chi connectivity index (χ0) is 9.59. The highest BCUT2D eigenvalue weighted by atomic mass is 16.2. The number of aliphatic imine (C=N–C) groups is 1. The van der Waals surface area contributed by atoms with Crippen LogP contribution in [-0.2, 0) is 4.79 Å². The molecule has 1 unspecified atom stereocenters. The van der Waals surface area contributed by atoms with E-state index < -0.39 is 0 Å². The van der Waals surface area contributed by atoms with Crippen LogP contribution in [0.2, 0.25) is 0 Å². The molecule has 1 saturated heterocycles. The molecule has 68 valence electrons. The Labute approximate surface area is 75.4 Å². The molecule has 2 aliphatic heterocycles. The number of amides is 1. The molecule has 0 bridgehead atoms. The maximum atomic E-state index is 11.2.